The molecule has 490 valence electrons. The zero-order chi connectivity index (χ0) is 59.9. The third kappa shape index (κ3) is 69.1. The molecule has 2 unspecified atom stereocenters. The smallest absolute Gasteiger partial charge is 0.305 e. The van der Waals surface area contributed by atoms with E-state index in [9.17, 15) is 19.8 Å². The van der Waals surface area contributed by atoms with Crippen LogP contribution in [0.4, 0.5) is 0 Å². The summed E-state index contributed by atoms with van der Waals surface area (Å²) in [4.78, 5) is 24.6. The van der Waals surface area contributed by atoms with Gasteiger partial charge in [-0.15, -0.1) is 0 Å². The second-order valence-corrected chi connectivity index (χ2v) is 26.0. The highest BCUT2D eigenvalue weighted by atomic mass is 16.5. The van der Waals surface area contributed by atoms with E-state index in [0.29, 0.717) is 25.9 Å². The average Bonchev–Trinajstić information content (AvgIpc) is 3.49. The summed E-state index contributed by atoms with van der Waals surface area (Å²) in [7, 11) is 0. The van der Waals surface area contributed by atoms with Gasteiger partial charge in [0.25, 0.3) is 0 Å². The van der Waals surface area contributed by atoms with Crippen molar-refractivity contribution in [1.82, 2.24) is 5.32 Å². The molecule has 0 saturated heterocycles. The van der Waals surface area contributed by atoms with E-state index < -0.39 is 12.1 Å². The van der Waals surface area contributed by atoms with Gasteiger partial charge in [0.1, 0.15) is 0 Å². The van der Waals surface area contributed by atoms with Gasteiger partial charge in [0.05, 0.1) is 25.4 Å². The minimum absolute atomic E-state index is 0.00452. The normalized spacial score (nSPS) is 12.7. The number of hydrogen-bond acceptors (Lipinski definition) is 5. The fourth-order valence-electron chi connectivity index (χ4n) is 11.9. The van der Waals surface area contributed by atoms with Crippen molar-refractivity contribution in [3.63, 3.8) is 0 Å². The number of unbranched alkanes of at least 4 members (excludes halogenated alkanes) is 54. The lowest BCUT2D eigenvalue weighted by molar-refractivity contribution is -0.143. The monoisotopic (exact) mass is 1170 g/mol. The molecule has 0 aromatic carbocycles. The van der Waals surface area contributed by atoms with Crippen molar-refractivity contribution >= 4 is 11.9 Å². The maximum atomic E-state index is 12.6. The summed E-state index contributed by atoms with van der Waals surface area (Å²) < 4.78 is 5.47. The van der Waals surface area contributed by atoms with Gasteiger partial charge < -0.3 is 20.3 Å². The number of ether oxygens (including phenoxy) is 1. The Morgan fingerprint density at radius 2 is 0.602 bits per heavy atom. The van der Waals surface area contributed by atoms with E-state index in [0.717, 1.165) is 51.4 Å². The van der Waals surface area contributed by atoms with Gasteiger partial charge in [0, 0.05) is 12.8 Å². The summed E-state index contributed by atoms with van der Waals surface area (Å²) >= 11 is 0. The maximum absolute atomic E-state index is 12.6. The zero-order valence-electron chi connectivity index (χ0n) is 56.2. The molecule has 0 aromatic heterocycles. The van der Waals surface area contributed by atoms with Gasteiger partial charge in [-0.25, -0.2) is 0 Å². The third-order valence-corrected chi connectivity index (χ3v) is 17.7. The van der Waals surface area contributed by atoms with Gasteiger partial charge in [-0.1, -0.05) is 359 Å². The Morgan fingerprint density at radius 3 is 0.952 bits per heavy atom. The highest BCUT2D eigenvalue weighted by molar-refractivity contribution is 5.76. The number of rotatable bonds is 71. The molecule has 0 aromatic rings. The van der Waals surface area contributed by atoms with Gasteiger partial charge in [-0.05, 0) is 83.5 Å². The molecule has 0 radical (unpaired) electrons. The minimum Gasteiger partial charge on any atom is -0.466 e. The Balaban J connectivity index is 3.38. The number of hydrogen-bond donors (Lipinski definition) is 3. The molecule has 2 atom stereocenters. The Hall–Kier alpha value is -1.92. The van der Waals surface area contributed by atoms with Crippen LogP contribution in [-0.2, 0) is 14.3 Å². The van der Waals surface area contributed by atoms with E-state index in [1.54, 1.807) is 0 Å². The zero-order valence-corrected chi connectivity index (χ0v) is 56.2. The minimum atomic E-state index is -0.664. The molecule has 83 heavy (non-hydrogen) atoms. The molecule has 0 spiro atoms. The van der Waals surface area contributed by atoms with Crippen LogP contribution in [0.2, 0.25) is 0 Å². The summed E-state index contributed by atoms with van der Waals surface area (Å²) in [6.07, 6.45) is 93.6. The summed E-state index contributed by atoms with van der Waals surface area (Å²) in [5, 5.41) is 23.4. The van der Waals surface area contributed by atoms with E-state index in [1.807, 2.05) is 0 Å². The molecule has 0 aliphatic heterocycles. The molecule has 6 nitrogen and oxygen atoms in total. The van der Waals surface area contributed by atoms with Crippen molar-refractivity contribution in [1.29, 1.82) is 0 Å². The van der Waals surface area contributed by atoms with Gasteiger partial charge in [-0.3, -0.25) is 9.59 Å². The van der Waals surface area contributed by atoms with Crippen LogP contribution < -0.4 is 5.32 Å². The van der Waals surface area contributed by atoms with E-state index in [-0.39, 0.29) is 18.5 Å². The highest BCUT2D eigenvalue weighted by Gasteiger charge is 2.20. The fourth-order valence-corrected chi connectivity index (χ4v) is 11.9. The average molecular weight is 1170 g/mol. The number of nitrogens with one attached hydrogen (secondary N) is 1. The number of carbonyl (C=O) groups excluding carboxylic acids is 2. The molecule has 0 bridgehead atoms. The molecule has 1 amide bonds. The van der Waals surface area contributed by atoms with Crippen LogP contribution in [0.5, 0.6) is 0 Å². The summed E-state index contributed by atoms with van der Waals surface area (Å²) in [5.74, 6) is -0.0240. The van der Waals surface area contributed by atoms with Crippen LogP contribution in [0.1, 0.15) is 418 Å². The van der Waals surface area contributed by atoms with Crippen LogP contribution in [0.3, 0.4) is 0 Å². The Morgan fingerprint density at radius 1 is 0.337 bits per heavy atom. The molecule has 0 heterocycles. The lowest BCUT2D eigenvalue weighted by Gasteiger charge is -2.22. The molecule has 0 aliphatic rings. The second kappa shape index (κ2) is 72.6. The molecule has 0 saturated carbocycles. The Labute approximate surface area is 519 Å². The standard InChI is InChI=1S/C77H147NO5/c1-3-5-7-9-11-13-15-17-18-19-20-34-37-40-43-46-49-53-57-61-65-69-75(80)74(73-79)78-76(81)70-66-62-58-54-50-47-44-41-38-35-32-30-28-26-24-22-21-23-25-27-29-31-33-36-39-42-45-48-52-56-60-64-68-72-83-77(82)71-67-63-59-55-51-16-14-12-10-8-6-4-2/h12,14,25,27,31,33,74-75,79-80H,3-11,13,15-24,26,28-30,32,34-73H2,1-2H3,(H,78,81)/b14-12-,27-25-,33-31-. The summed E-state index contributed by atoms with van der Waals surface area (Å²) in [6, 6.07) is -0.541. The van der Waals surface area contributed by atoms with Crippen molar-refractivity contribution in [2.45, 2.75) is 431 Å². The van der Waals surface area contributed by atoms with E-state index >= 15 is 0 Å². The predicted molar refractivity (Wildman–Crippen MR) is 366 cm³/mol. The van der Waals surface area contributed by atoms with E-state index in [4.69, 9.17) is 4.74 Å². The highest BCUT2D eigenvalue weighted by Crippen LogP contribution is 2.19. The lowest BCUT2D eigenvalue weighted by Crippen LogP contribution is -2.45. The van der Waals surface area contributed by atoms with Crippen molar-refractivity contribution in [2.24, 2.45) is 0 Å². The number of amides is 1. The molecular formula is C77H147NO5. The van der Waals surface area contributed by atoms with Gasteiger partial charge in [-0.2, -0.15) is 0 Å². The predicted octanol–water partition coefficient (Wildman–Crippen LogP) is 24.7. The molecular weight excluding hydrogens is 1020 g/mol. The van der Waals surface area contributed by atoms with Crippen LogP contribution in [0, 0.1) is 0 Å². The summed E-state index contributed by atoms with van der Waals surface area (Å²) in [6.45, 7) is 4.96. The van der Waals surface area contributed by atoms with Gasteiger partial charge >= 0.3 is 5.97 Å². The molecule has 0 fully saturated rings. The van der Waals surface area contributed by atoms with Gasteiger partial charge in [0.15, 0.2) is 0 Å². The maximum Gasteiger partial charge on any atom is 0.305 e. The number of aliphatic hydroxyl groups is 2. The largest absolute Gasteiger partial charge is 0.466 e. The first kappa shape index (κ1) is 81.1. The van der Waals surface area contributed by atoms with E-state index in [2.05, 4.69) is 55.6 Å². The van der Waals surface area contributed by atoms with Crippen LogP contribution >= 0.6 is 0 Å². The van der Waals surface area contributed by atoms with Crippen molar-refractivity contribution < 1.29 is 24.5 Å². The van der Waals surface area contributed by atoms with Crippen molar-refractivity contribution in [3.8, 4) is 0 Å². The van der Waals surface area contributed by atoms with Crippen LogP contribution in [0.25, 0.3) is 0 Å². The first-order valence-electron chi connectivity index (χ1n) is 37.7. The molecule has 0 aliphatic carbocycles. The molecule has 6 heteroatoms. The quantitative estimate of drug-likeness (QED) is 0.0320. The fraction of sp³-hybridized carbons (Fsp3) is 0.896. The number of aliphatic hydroxyl groups excluding tert-OH is 2. The molecule has 3 N–H and O–H groups in total. The van der Waals surface area contributed by atoms with Gasteiger partial charge in [0.2, 0.25) is 5.91 Å². The molecule has 0 rings (SSSR count). The third-order valence-electron chi connectivity index (χ3n) is 17.7. The number of allylic oxidation sites excluding steroid dienone is 6. The first-order chi connectivity index (χ1) is 41.0. The lowest BCUT2D eigenvalue weighted by atomic mass is 10.0. The van der Waals surface area contributed by atoms with E-state index in [1.165, 1.54) is 334 Å². The SMILES string of the molecule is CCCCC/C=C\CCCCCCCC(=O)OCCCCCCCCCCC/C=C\C/C=C\CCCCCCCCCCCCCCCCCCCC(=O)NC(CO)C(O)CCCCCCCCCCCCCCCCCCCCCCC. The summed E-state index contributed by atoms with van der Waals surface area (Å²) in [5.41, 5.74) is 0. The Bertz CT molecular complexity index is 1340. The number of carbonyl (C=O) groups is 2. The second-order valence-electron chi connectivity index (χ2n) is 26.0. The first-order valence-corrected chi connectivity index (χ1v) is 37.7. The topological polar surface area (TPSA) is 95.9 Å². The Kier molecular flexibility index (Phi) is 70.9. The van der Waals surface area contributed by atoms with Crippen LogP contribution in [-0.4, -0.2) is 47.4 Å². The van der Waals surface area contributed by atoms with Crippen LogP contribution in [0.15, 0.2) is 36.5 Å². The number of esters is 1. The van der Waals surface area contributed by atoms with Crippen molar-refractivity contribution in [3.05, 3.63) is 36.5 Å². The van der Waals surface area contributed by atoms with Crippen molar-refractivity contribution in [2.75, 3.05) is 13.2 Å².